The summed E-state index contributed by atoms with van der Waals surface area (Å²) in [6, 6.07) is 6.78. The van der Waals surface area contributed by atoms with E-state index in [1.54, 1.807) is 0 Å². The van der Waals surface area contributed by atoms with Gasteiger partial charge in [0.1, 0.15) is 11.6 Å². The number of anilines is 1. The molecule has 0 aliphatic rings. The van der Waals surface area contributed by atoms with E-state index in [2.05, 4.69) is 10.0 Å². The van der Waals surface area contributed by atoms with Crippen molar-refractivity contribution >= 4 is 27.3 Å². The standard InChI is InChI=1S/C12H12ClFN2O3S/c1-15-20(17,18)12-5-3-9(19-12)7-16-11-6-8(14)2-4-10(11)13/h2-6,15-16H,7H2,1H3. The van der Waals surface area contributed by atoms with Crippen LogP contribution < -0.4 is 10.0 Å². The minimum Gasteiger partial charge on any atom is -0.446 e. The quantitative estimate of drug-likeness (QED) is 0.889. The van der Waals surface area contributed by atoms with E-state index in [4.69, 9.17) is 16.0 Å². The average molecular weight is 319 g/mol. The van der Waals surface area contributed by atoms with Gasteiger partial charge < -0.3 is 9.73 Å². The summed E-state index contributed by atoms with van der Waals surface area (Å²) >= 11 is 5.90. The maximum absolute atomic E-state index is 13.1. The fourth-order valence-corrected chi connectivity index (χ4v) is 2.36. The Labute approximate surface area is 120 Å². The second-order valence-corrected chi connectivity index (χ2v) is 6.13. The molecule has 0 fully saturated rings. The van der Waals surface area contributed by atoms with Crippen LogP contribution in [0, 0.1) is 5.82 Å². The van der Waals surface area contributed by atoms with Gasteiger partial charge in [-0.15, -0.1) is 0 Å². The third-order valence-corrected chi connectivity index (χ3v) is 4.17. The molecule has 1 heterocycles. The van der Waals surface area contributed by atoms with Crippen molar-refractivity contribution in [3.8, 4) is 0 Å². The highest BCUT2D eigenvalue weighted by molar-refractivity contribution is 7.89. The Bertz CT molecular complexity index is 715. The molecule has 0 amide bonds. The van der Waals surface area contributed by atoms with Crippen molar-refractivity contribution in [2.45, 2.75) is 11.6 Å². The average Bonchev–Trinajstić information content (AvgIpc) is 2.89. The fourth-order valence-electron chi connectivity index (χ4n) is 1.51. The zero-order valence-corrected chi connectivity index (χ0v) is 12.1. The van der Waals surface area contributed by atoms with Crippen LogP contribution in [0.1, 0.15) is 5.76 Å². The number of nitrogens with one attached hydrogen (secondary N) is 2. The third kappa shape index (κ3) is 3.30. The molecule has 108 valence electrons. The number of halogens is 2. The van der Waals surface area contributed by atoms with Gasteiger partial charge in [0, 0.05) is 0 Å². The monoisotopic (exact) mass is 318 g/mol. The Morgan fingerprint density at radius 3 is 2.75 bits per heavy atom. The van der Waals surface area contributed by atoms with E-state index >= 15 is 0 Å². The van der Waals surface area contributed by atoms with Gasteiger partial charge in [0.15, 0.2) is 0 Å². The molecule has 0 saturated carbocycles. The molecular weight excluding hydrogens is 307 g/mol. The first-order valence-electron chi connectivity index (χ1n) is 5.63. The maximum Gasteiger partial charge on any atom is 0.273 e. The molecule has 2 rings (SSSR count). The molecule has 0 bridgehead atoms. The summed E-state index contributed by atoms with van der Waals surface area (Å²) in [4.78, 5) is 0. The summed E-state index contributed by atoms with van der Waals surface area (Å²) in [7, 11) is -2.31. The molecule has 0 unspecified atom stereocenters. The molecule has 0 aliphatic carbocycles. The van der Waals surface area contributed by atoms with Crippen LogP contribution in [0.3, 0.4) is 0 Å². The topological polar surface area (TPSA) is 71.3 Å². The summed E-state index contributed by atoms with van der Waals surface area (Å²) in [5.41, 5.74) is 0.404. The molecule has 0 atom stereocenters. The smallest absolute Gasteiger partial charge is 0.273 e. The van der Waals surface area contributed by atoms with Crippen LogP contribution in [0.15, 0.2) is 39.8 Å². The van der Waals surface area contributed by atoms with Gasteiger partial charge >= 0.3 is 0 Å². The van der Waals surface area contributed by atoms with Gasteiger partial charge in [-0.2, -0.15) is 0 Å². The molecule has 0 aliphatic heterocycles. The first-order valence-corrected chi connectivity index (χ1v) is 7.49. The molecular formula is C12H12ClFN2O3S. The molecule has 0 radical (unpaired) electrons. The number of hydrogen-bond donors (Lipinski definition) is 2. The van der Waals surface area contributed by atoms with Gasteiger partial charge in [0.25, 0.3) is 10.0 Å². The minimum absolute atomic E-state index is 0.179. The van der Waals surface area contributed by atoms with Gasteiger partial charge in [0.2, 0.25) is 5.09 Å². The molecule has 2 N–H and O–H groups in total. The molecule has 0 spiro atoms. The normalized spacial score (nSPS) is 11.6. The van der Waals surface area contributed by atoms with Crippen molar-refractivity contribution in [2.75, 3.05) is 12.4 Å². The molecule has 8 heteroatoms. The van der Waals surface area contributed by atoms with Crippen molar-refractivity contribution in [1.29, 1.82) is 0 Å². The van der Waals surface area contributed by atoms with Crippen LogP contribution in [0.25, 0.3) is 0 Å². The van der Waals surface area contributed by atoms with Crippen molar-refractivity contribution in [3.05, 3.63) is 46.9 Å². The van der Waals surface area contributed by atoms with Crippen LogP contribution in [0.5, 0.6) is 0 Å². The van der Waals surface area contributed by atoms with Crippen LogP contribution in [0.2, 0.25) is 5.02 Å². The van der Waals surface area contributed by atoms with Crippen LogP contribution >= 0.6 is 11.6 Å². The zero-order valence-electron chi connectivity index (χ0n) is 10.5. The highest BCUT2D eigenvalue weighted by atomic mass is 35.5. The van der Waals surface area contributed by atoms with Gasteiger partial charge in [-0.3, -0.25) is 0 Å². The minimum atomic E-state index is -3.61. The SMILES string of the molecule is CNS(=O)(=O)c1ccc(CNc2cc(F)ccc2Cl)o1. The van der Waals surface area contributed by atoms with Crippen LogP contribution in [-0.2, 0) is 16.6 Å². The molecule has 1 aromatic carbocycles. The van der Waals surface area contributed by atoms with E-state index in [9.17, 15) is 12.8 Å². The van der Waals surface area contributed by atoms with E-state index in [-0.39, 0.29) is 11.6 Å². The Morgan fingerprint density at radius 2 is 2.05 bits per heavy atom. The van der Waals surface area contributed by atoms with E-state index in [1.807, 2.05) is 0 Å². The second-order valence-electron chi connectivity index (χ2n) is 3.91. The lowest BCUT2D eigenvalue weighted by Gasteiger charge is -2.06. The highest BCUT2D eigenvalue weighted by Crippen LogP contribution is 2.23. The first kappa shape index (κ1) is 14.8. The summed E-state index contributed by atoms with van der Waals surface area (Å²) in [5, 5.41) is 3.06. The lowest BCUT2D eigenvalue weighted by Crippen LogP contribution is -2.17. The van der Waals surface area contributed by atoms with E-state index in [1.165, 1.54) is 37.4 Å². The zero-order chi connectivity index (χ0) is 14.8. The van der Waals surface area contributed by atoms with Crippen LogP contribution in [-0.4, -0.2) is 15.5 Å². The van der Waals surface area contributed by atoms with Crippen LogP contribution in [0.4, 0.5) is 10.1 Å². The van der Waals surface area contributed by atoms with Gasteiger partial charge in [-0.1, -0.05) is 11.6 Å². The fraction of sp³-hybridized carbons (Fsp3) is 0.167. The summed E-state index contributed by atoms with van der Waals surface area (Å²) in [6.07, 6.45) is 0. The van der Waals surface area contributed by atoms with Crippen molar-refractivity contribution < 1.29 is 17.2 Å². The summed E-state index contributed by atoms with van der Waals surface area (Å²) < 4.78 is 43.4. The molecule has 5 nitrogen and oxygen atoms in total. The van der Waals surface area contributed by atoms with E-state index in [0.29, 0.717) is 16.5 Å². The number of sulfonamides is 1. The lowest BCUT2D eigenvalue weighted by molar-refractivity contribution is 0.417. The number of furan rings is 1. The Hall–Kier alpha value is -1.57. The third-order valence-electron chi connectivity index (χ3n) is 2.55. The molecule has 2 aromatic rings. The molecule has 20 heavy (non-hydrogen) atoms. The number of benzene rings is 1. The summed E-state index contributed by atoms with van der Waals surface area (Å²) in [6.45, 7) is 0.183. The maximum atomic E-state index is 13.1. The second kappa shape index (κ2) is 5.82. The predicted molar refractivity (Wildman–Crippen MR) is 73.7 cm³/mol. The van der Waals surface area contributed by atoms with Gasteiger partial charge in [-0.25, -0.2) is 17.5 Å². The molecule has 0 saturated heterocycles. The van der Waals surface area contributed by atoms with E-state index in [0.717, 1.165) is 0 Å². The summed E-state index contributed by atoms with van der Waals surface area (Å²) in [5.74, 6) is -0.0334. The Balaban J connectivity index is 2.10. The predicted octanol–water partition coefficient (Wildman–Crippen LogP) is 2.59. The molecule has 1 aromatic heterocycles. The Morgan fingerprint density at radius 1 is 1.30 bits per heavy atom. The Kier molecular flexibility index (Phi) is 4.32. The van der Waals surface area contributed by atoms with Gasteiger partial charge in [-0.05, 0) is 37.4 Å². The van der Waals surface area contributed by atoms with E-state index < -0.39 is 15.8 Å². The largest absolute Gasteiger partial charge is 0.446 e. The van der Waals surface area contributed by atoms with Gasteiger partial charge in [0.05, 0.1) is 17.3 Å². The highest BCUT2D eigenvalue weighted by Gasteiger charge is 2.16. The lowest BCUT2D eigenvalue weighted by atomic mass is 10.3. The van der Waals surface area contributed by atoms with Crippen molar-refractivity contribution in [3.63, 3.8) is 0 Å². The number of rotatable bonds is 5. The van der Waals surface area contributed by atoms with Crippen molar-refractivity contribution in [2.24, 2.45) is 0 Å². The van der Waals surface area contributed by atoms with Crippen molar-refractivity contribution in [1.82, 2.24) is 4.72 Å². The number of hydrogen-bond acceptors (Lipinski definition) is 4. The first-order chi connectivity index (χ1) is 9.42.